The van der Waals surface area contributed by atoms with Crippen molar-refractivity contribution in [3.63, 3.8) is 0 Å². The summed E-state index contributed by atoms with van der Waals surface area (Å²) in [6.07, 6.45) is 1.68. The minimum atomic E-state index is -1.17. The average Bonchev–Trinajstić information content (AvgIpc) is 2.44. The highest BCUT2D eigenvalue weighted by Gasteiger charge is 2.22. The predicted octanol–water partition coefficient (Wildman–Crippen LogP) is 2.16. The molecule has 1 atom stereocenters. The fourth-order valence-corrected chi connectivity index (χ4v) is 1.88. The van der Waals surface area contributed by atoms with E-state index in [1.165, 1.54) is 19.1 Å². The number of halogens is 1. The van der Waals surface area contributed by atoms with Crippen LogP contribution >= 0.6 is 0 Å². The van der Waals surface area contributed by atoms with E-state index in [2.05, 4.69) is 10.6 Å². The third-order valence-electron chi connectivity index (χ3n) is 2.98. The van der Waals surface area contributed by atoms with Crippen LogP contribution in [-0.2, 0) is 9.59 Å². The van der Waals surface area contributed by atoms with Gasteiger partial charge in [-0.2, -0.15) is 0 Å². The van der Waals surface area contributed by atoms with Gasteiger partial charge in [-0.05, 0) is 24.6 Å². The van der Waals surface area contributed by atoms with Crippen LogP contribution in [0.3, 0.4) is 0 Å². The Hall–Kier alpha value is -2.44. The molecule has 0 fully saturated rings. The molecule has 0 radical (unpaired) electrons. The van der Waals surface area contributed by atoms with Crippen molar-refractivity contribution in [2.24, 2.45) is 0 Å². The molecule has 0 aliphatic carbocycles. The summed E-state index contributed by atoms with van der Waals surface area (Å²) in [5.41, 5.74) is -0.0477. The van der Waals surface area contributed by atoms with Gasteiger partial charge in [-0.1, -0.05) is 19.8 Å². The molecule has 1 unspecified atom stereocenters. The number of carboxylic acid groups (broad SMARTS) is 1. The highest BCUT2D eigenvalue weighted by molar-refractivity contribution is 5.98. The highest BCUT2D eigenvalue weighted by atomic mass is 19.1. The molecule has 1 rings (SSSR count). The maximum Gasteiger partial charge on any atom is 0.326 e. The number of carbonyl (C=O) groups excluding carboxylic acids is 2. The zero-order chi connectivity index (χ0) is 16.7. The smallest absolute Gasteiger partial charge is 0.326 e. The zero-order valence-corrected chi connectivity index (χ0v) is 12.5. The molecule has 7 heteroatoms. The average molecular weight is 310 g/mol. The molecular weight excluding hydrogens is 291 g/mol. The zero-order valence-electron chi connectivity index (χ0n) is 12.5. The summed E-state index contributed by atoms with van der Waals surface area (Å²) in [7, 11) is 0. The summed E-state index contributed by atoms with van der Waals surface area (Å²) in [6, 6.07) is 2.46. The molecule has 0 aliphatic heterocycles. The summed E-state index contributed by atoms with van der Waals surface area (Å²) in [4.78, 5) is 34.1. The number of hydrogen-bond donors (Lipinski definition) is 3. The number of nitrogens with one attached hydrogen (secondary N) is 2. The maximum absolute atomic E-state index is 13.7. The summed E-state index contributed by atoms with van der Waals surface area (Å²) in [6.45, 7) is 3.19. The number of aliphatic carboxylic acids is 1. The molecule has 22 heavy (non-hydrogen) atoms. The molecule has 1 aromatic carbocycles. The first-order valence-corrected chi connectivity index (χ1v) is 6.96. The summed E-state index contributed by atoms with van der Waals surface area (Å²) in [5, 5.41) is 13.8. The molecule has 0 saturated heterocycles. The van der Waals surface area contributed by atoms with Crippen LogP contribution in [0.25, 0.3) is 0 Å². The third-order valence-corrected chi connectivity index (χ3v) is 2.98. The van der Waals surface area contributed by atoms with Gasteiger partial charge in [0.25, 0.3) is 5.91 Å². The number of anilines is 1. The van der Waals surface area contributed by atoms with Crippen LogP contribution in [-0.4, -0.2) is 28.9 Å². The van der Waals surface area contributed by atoms with Gasteiger partial charge in [0.15, 0.2) is 0 Å². The second-order valence-electron chi connectivity index (χ2n) is 4.88. The fraction of sp³-hybridized carbons (Fsp3) is 0.400. The van der Waals surface area contributed by atoms with Gasteiger partial charge in [-0.15, -0.1) is 0 Å². The Bertz CT molecular complexity index is 575. The van der Waals surface area contributed by atoms with E-state index in [1.807, 2.05) is 6.92 Å². The molecule has 0 spiro atoms. The summed E-state index contributed by atoms with van der Waals surface area (Å²) in [5.74, 6) is -3.14. The second kappa shape index (κ2) is 8.11. The largest absolute Gasteiger partial charge is 0.480 e. The standard InChI is InChI=1S/C15H19FN2O4/c1-3-4-5-13(15(21)22)18-14(20)11-8-10(17-9(2)19)6-7-12(11)16/h6-8,13H,3-5H2,1-2H3,(H,17,19)(H,18,20)(H,21,22). The number of amides is 2. The Morgan fingerprint density at radius 3 is 2.55 bits per heavy atom. The minimum absolute atomic E-state index is 0.263. The lowest BCUT2D eigenvalue weighted by atomic mass is 10.1. The van der Waals surface area contributed by atoms with Crippen LogP contribution in [0.15, 0.2) is 18.2 Å². The number of unbranched alkanes of at least 4 members (excludes halogenated alkanes) is 1. The molecular formula is C15H19FN2O4. The third kappa shape index (κ3) is 5.16. The molecule has 0 aliphatic rings. The van der Waals surface area contributed by atoms with E-state index in [0.717, 1.165) is 12.5 Å². The Balaban J connectivity index is 2.91. The van der Waals surface area contributed by atoms with Gasteiger partial charge in [-0.3, -0.25) is 9.59 Å². The molecule has 0 heterocycles. The molecule has 0 aromatic heterocycles. The van der Waals surface area contributed by atoms with Gasteiger partial charge < -0.3 is 15.7 Å². The van der Waals surface area contributed by atoms with Crippen molar-refractivity contribution in [1.29, 1.82) is 0 Å². The van der Waals surface area contributed by atoms with E-state index in [9.17, 15) is 18.8 Å². The second-order valence-corrected chi connectivity index (χ2v) is 4.88. The summed E-state index contributed by atoms with van der Waals surface area (Å²) >= 11 is 0. The highest BCUT2D eigenvalue weighted by Crippen LogP contribution is 2.15. The van der Waals surface area contributed by atoms with Crippen molar-refractivity contribution in [3.05, 3.63) is 29.6 Å². The van der Waals surface area contributed by atoms with E-state index < -0.39 is 23.7 Å². The SMILES string of the molecule is CCCCC(NC(=O)c1cc(NC(C)=O)ccc1F)C(=O)O. The number of carboxylic acids is 1. The van der Waals surface area contributed by atoms with E-state index in [1.54, 1.807) is 0 Å². The number of hydrogen-bond acceptors (Lipinski definition) is 3. The Labute approximate surface area is 127 Å². The molecule has 0 saturated carbocycles. The van der Waals surface area contributed by atoms with Gasteiger partial charge in [0, 0.05) is 12.6 Å². The lowest BCUT2D eigenvalue weighted by molar-refractivity contribution is -0.139. The van der Waals surface area contributed by atoms with E-state index in [4.69, 9.17) is 5.11 Å². The van der Waals surface area contributed by atoms with Crippen molar-refractivity contribution >= 4 is 23.5 Å². The van der Waals surface area contributed by atoms with Crippen molar-refractivity contribution in [1.82, 2.24) is 5.32 Å². The summed E-state index contributed by atoms with van der Waals surface area (Å²) < 4.78 is 13.7. The Kier molecular flexibility index (Phi) is 6.49. The number of benzene rings is 1. The Morgan fingerprint density at radius 1 is 1.32 bits per heavy atom. The van der Waals surface area contributed by atoms with Gasteiger partial charge in [0.05, 0.1) is 5.56 Å². The van der Waals surface area contributed by atoms with E-state index in [0.29, 0.717) is 6.42 Å². The van der Waals surface area contributed by atoms with Crippen molar-refractivity contribution < 1.29 is 23.9 Å². The van der Waals surface area contributed by atoms with Gasteiger partial charge in [-0.25, -0.2) is 9.18 Å². The van der Waals surface area contributed by atoms with E-state index in [-0.39, 0.29) is 23.6 Å². The quantitative estimate of drug-likeness (QED) is 0.719. The van der Waals surface area contributed by atoms with Crippen LogP contribution in [0.5, 0.6) is 0 Å². The fourth-order valence-electron chi connectivity index (χ4n) is 1.88. The lowest BCUT2D eigenvalue weighted by Gasteiger charge is -2.15. The topological polar surface area (TPSA) is 95.5 Å². The van der Waals surface area contributed by atoms with Crippen molar-refractivity contribution in [2.75, 3.05) is 5.32 Å². The minimum Gasteiger partial charge on any atom is -0.480 e. The van der Waals surface area contributed by atoms with Gasteiger partial charge in [0.1, 0.15) is 11.9 Å². The van der Waals surface area contributed by atoms with E-state index >= 15 is 0 Å². The van der Waals surface area contributed by atoms with Crippen LogP contribution in [0.2, 0.25) is 0 Å². The molecule has 0 bridgehead atoms. The predicted molar refractivity (Wildman–Crippen MR) is 79.1 cm³/mol. The number of carbonyl (C=O) groups is 3. The van der Waals surface area contributed by atoms with Crippen LogP contribution in [0, 0.1) is 5.82 Å². The molecule has 120 valence electrons. The first-order valence-electron chi connectivity index (χ1n) is 6.96. The molecule has 1 aromatic rings. The Morgan fingerprint density at radius 2 is 2.00 bits per heavy atom. The van der Waals surface area contributed by atoms with Gasteiger partial charge >= 0.3 is 5.97 Å². The first-order chi connectivity index (χ1) is 10.3. The first kappa shape index (κ1) is 17.6. The molecule has 2 amide bonds. The van der Waals surface area contributed by atoms with Crippen LogP contribution < -0.4 is 10.6 Å². The maximum atomic E-state index is 13.7. The van der Waals surface area contributed by atoms with Crippen LogP contribution in [0.4, 0.5) is 10.1 Å². The van der Waals surface area contributed by atoms with Crippen LogP contribution in [0.1, 0.15) is 43.5 Å². The normalized spacial score (nSPS) is 11.6. The lowest BCUT2D eigenvalue weighted by Crippen LogP contribution is -2.41. The number of rotatable bonds is 7. The van der Waals surface area contributed by atoms with Crippen molar-refractivity contribution in [3.8, 4) is 0 Å². The molecule has 3 N–H and O–H groups in total. The van der Waals surface area contributed by atoms with Gasteiger partial charge in [0.2, 0.25) is 5.91 Å². The van der Waals surface area contributed by atoms with Crippen molar-refractivity contribution in [2.45, 2.75) is 39.2 Å². The molecule has 6 nitrogen and oxygen atoms in total. The monoisotopic (exact) mass is 310 g/mol.